The van der Waals surface area contributed by atoms with Crippen molar-refractivity contribution in [1.82, 2.24) is 0 Å². The van der Waals surface area contributed by atoms with Gasteiger partial charge < -0.3 is 9.47 Å². The van der Waals surface area contributed by atoms with Crippen LogP contribution in [0.1, 0.15) is 0 Å². The van der Waals surface area contributed by atoms with Crippen molar-refractivity contribution >= 4 is 10.0 Å². The quantitative estimate of drug-likeness (QED) is 0.739. The van der Waals surface area contributed by atoms with E-state index in [0.29, 0.717) is 5.75 Å². The minimum atomic E-state index is -3.78. The van der Waals surface area contributed by atoms with Crippen LogP contribution in [-0.2, 0) is 10.0 Å². The van der Waals surface area contributed by atoms with E-state index in [1.165, 1.54) is 24.7 Å². The Morgan fingerprint density at radius 1 is 1.14 bits per heavy atom. The summed E-state index contributed by atoms with van der Waals surface area (Å²) in [6, 6.07) is 4.48. The molecule has 0 spiro atoms. The third-order valence-electron chi connectivity index (χ3n) is 1.69. The van der Waals surface area contributed by atoms with Crippen LogP contribution < -0.4 is 14.6 Å². The SMILES string of the molecule is NS(=O)(=O)c1cccc2c1OC=CO2. The van der Waals surface area contributed by atoms with E-state index in [9.17, 15) is 8.42 Å². The standard InChI is InChI=1S/C8H7NO4S/c9-14(10,11)7-3-1-2-6-8(7)13-5-4-12-6/h1-5H,(H2,9,10,11). The van der Waals surface area contributed by atoms with Crippen molar-refractivity contribution in [2.24, 2.45) is 5.14 Å². The van der Waals surface area contributed by atoms with Crippen LogP contribution in [0, 0.1) is 0 Å². The summed E-state index contributed by atoms with van der Waals surface area (Å²) in [4.78, 5) is -0.0839. The number of benzene rings is 1. The van der Waals surface area contributed by atoms with Crippen LogP contribution in [0.4, 0.5) is 0 Å². The number of hydrogen-bond acceptors (Lipinski definition) is 4. The summed E-state index contributed by atoms with van der Waals surface area (Å²) in [6.45, 7) is 0. The van der Waals surface area contributed by atoms with Crippen LogP contribution in [-0.4, -0.2) is 8.42 Å². The first-order valence-corrected chi connectivity index (χ1v) is 5.28. The van der Waals surface area contributed by atoms with Gasteiger partial charge in [0.1, 0.15) is 17.4 Å². The van der Waals surface area contributed by atoms with E-state index < -0.39 is 10.0 Å². The van der Waals surface area contributed by atoms with Gasteiger partial charge in [0.15, 0.2) is 11.5 Å². The first kappa shape index (κ1) is 9.04. The summed E-state index contributed by atoms with van der Waals surface area (Å²) < 4.78 is 32.3. The van der Waals surface area contributed by atoms with Crippen molar-refractivity contribution in [3.63, 3.8) is 0 Å². The third-order valence-corrected chi connectivity index (χ3v) is 2.62. The van der Waals surface area contributed by atoms with Crippen LogP contribution in [0.5, 0.6) is 11.5 Å². The Hall–Kier alpha value is -1.53. The maximum atomic E-state index is 11.1. The molecule has 1 heterocycles. The Kier molecular flexibility index (Phi) is 1.94. The fraction of sp³-hybridized carbons (Fsp3) is 0. The van der Waals surface area contributed by atoms with Gasteiger partial charge in [-0.2, -0.15) is 0 Å². The fourth-order valence-electron chi connectivity index (χ4n) is 1.13. The summed E-state index contributed by atoms with van der Waals surface area (Å²) in [6.07, 6.45) is 2.56. The van der Waals surface area contributed by atoms with Crippen molar-refractivity contribution in [3.8, 4) is 11.5 Å². The molecule has 1 aliphatic rings. The number of rotatable bonds is 1. The molecule has 0 aromatic heterocycles. The smallest absolute Gasteiger partial charge is 0.241 e. The zero-order chi connectivity index (χ0) is 10.2. The van der Waals surface area contributed by atoms with Gasteiger partial charge in [0.05, 0.1) is 0 Å². The van der Waals surface area contributed by atoms with E-state index in [1.807, 2.05) is 0 Å². The maximum absolute atomic E-state index is 11.1. The molecule has 0 saturated heterocycles. The highest BCUT2D eigenvalue weighted by Crippen LogP contribution is 2.35. The van der Waals surface area contributed by atoms with Gasteiger partial charge in [0.25, 0.3) is 0 Å². The lowest BCUT2D eigenvalue weighted by Gasteiger charge is -2.14. The van der Waals surface area contributed by atoms with Gasteiger partial charge in [-0.05, 0) is 12.1 Å². The third kappa shape index (κ3) is 1.45. The molecule has 5 nitrogen and oxygen atoms in total. The zero-order valence-electron chi connectivity index (χ0n) is 7.01. The summed E-state index contributed by atoms with van der Waals surface area (Å²) in [7, 11) is -3.78. The van der Waals surface area contributed by atoms with Gasteiger partial charge >= 0.3 is 0 Å². The second-order valence-electron chi connectivity index (χ2n) is 2.64. The summed E-state index contributed by atoms with van der Waals surface area (Å²) >= 11 is 0. The number of hydrogen-bond donors (Lipinski definition) is 1. The van der Waals surface area contributed by atoms with Crippen LogP contribution >= 0.6 is 0 Å². The molecule has 2 rings (SSSR count). The summed E-state index contributed by atoms with van der Waals surface area (Å²) in [5, 5.41) is 4.99. The number of ether oxygens (including phenoxy) is 2. The average Bonchev–Trinajstić information content (AvgIpc) is 2.15. The first-order valence-electron chi connectivity index (χ1n) is 3.73. The molecule has 0 bridgehead atoms. The van der Waals surface area contributed by atoms with E-state index >= 15 is 0 Å². The van der Waals surface area contributed by atoms with E-state index in [2.05, 4.69) is 0 Å². The van der Waals surface area contributed by atoms with Crippen molar-refractivity contribution in [3.05, 3.63) is 30.7 Å². The normalized spacial score (nSPS) is 14.1. The summed E-state index contributed by atoms with van der Waals surface area (Å²) in [5.41, 5.74) is 0. The molecule has 1 aliphatic heterocycles. The van der Waals surface area contributed by atoms with Crippen LogP contribution in [0.3, 0.4) is 0 Å². The van der Waals surface area contributed by atoms with Crippen LogP contribution in [0.25, 0.3) is 0 Å². The fourth-order valence-corrected chi connectivity index (χ4v) is 1.80. The molecule has 74 valence electrons. The molecule has 0 fully saturated rings. The molecule has 2 N–H and O–H groups in total. The highest BCUT2D eigenvalue weighted by Gasteiger charge is 2.20. The van der Waals surface area contributed by atoms with Crippen molar-refractivity contribution in [2.75, 3.05) is 0 Å². The molecular formula is C8H7NO4S. The van der Waals surface area contributed by atoms with Gasteiger partial charge in [0.2, 0.25) is 10.0 Å². The molecule has 1 aromatic rings. The second-order valence-corrected chi connectivity index (χ2v) is 4.17. The minimum absolute atomic E-state index is 0.0839. The largest absolute Gasteiger partial charge is 0.458 e. The predicted molar refractivity (Wildman–Crippen MR) is 48.2 cm³/mol. The Balaban J connectivity index is 2.65. The molecule has 0 aliphatic carbocycles. The number of sulfonamides is 1. The van der Waals surface area contributed by atoms with Crippen molar-refractivity contribution < 1.29 is 17.9 Å². The van der Waals surface area contributed by atoms with Gasteiger partial charge in [-0.1, -0.05) is 6.07 Å². The van der Waals surface area contributed by atoms with E-state index in [-0.39, 0.29) is 10.6 Å². The Morgan fingerprint density at radius 3 is 2.57 bits per heavy atom. The Labute approximate surface area is 80.8 Å². The predicted octanol–water partition coefficient (Wildman–Crippen LogP) is 0.576. The number of nitrogens with two attached hydrogens (primary N) is 1. The molecule has 1 aromatic carbocycles. The molecule has 0 radical (unpaired) electrons. The lowest BCUT2D eigenvalue weighted by atomic mass is 10.3. The van der Waals surface area contributed by atoms with Crippen LogP contribution in [0.2, 0.25) is 0 Å². The molecular weight excluding hydrogens is 206 g/mol. The van der Waals surface area contributed by atoms with Crippen molar-refractivity contribution in [1.29, 1.82) is 0 Å². The molecule has 0 atom stereocenters. The highest BCUT2D eigenvalue weighted by atomic mass is 32.2. The number of fused-ring (bicyclic) bond motifs is 1. The highest BCUT2D eigenvalue weighted by molar-refractivity contribution is 7.89. The topological polar surface area (TPSA) is 78.6 Å². The lowest BCUT2D eigenvalue weighted by Crippen LogP contribution is -2.14. The second kappa shape index (κ2) is 3.00. The van der Waals surface area contributed by atoms with Gasteiger partial charge in [-0.15, -0.1) is 0 Å². The average molecular weight is 213 g/mol. The molecule has 6 heteroatoms. The molecule has 0 amide bonds. The van der Waals surface area contributed by atoms with E-state index in [4.69, 9.17) is 14.6 Å². The van der Waals surface area contributed by atoms with Gasteiger partial charge in [-0.25, -0.2) is 13.6 Å². The first-order chi connectivity index (χ1) is 6.59. The van der Waals surface area contributed by atoms with Gasteiger partial charge in [-0.3, -0.25) is 0 Å². The van der Waals surface area contributed by atoms with E-state index in [0.717, 1.165) is 0 Å². The van der Waals surface area contributed by atoms with Crippen LogP contribution in [0.15, 0.2) is 35.6 Å². The lowest BCUT2D eigenvalue weighted by molar-refractivity contribution is 0.353. The maximum Gasteiger partial charge on any atom is 0.241 e. The summed E-state index contributed by atoms with van der Waals surface area (Å²) in [5.74, 6) is 0.455. The van der Waals surface area contributed by atoms with Gasteiger partial charge in [0, 0.05) is 0 Å². The molecule has 14 heavy (non-hydrogen) atoms. The van der Waals surface area contributed by atoms with Crippen molar-refractivity contribution in [2.45, 2.75) is 4.90 Å². The molecule has 0 saturated carbocycles. The molecule has 0 unspecified atom stereocenters. The Morgan fingerprint density at radius 2 is 1.86 bits per heavy atom. The monoisotopic (exact) mass is 213 g/mol. The minimum Gasteiger partial charge on any atom is -0.458 e. The van der Waals surface area contributed by atoms with E-state index in [1.54, 1.807) is 6.07 Å². The number of primary sulfonamides is 1. The Bertz CT molecular complexity index is 492. The number of para-hydroxylation sites is 1. The zero-order valence-corrected chi connectivity index (χ0v) is 7.82.